The van der Waals surface area contributed by atoms with Crippen molar-refractivity contribution < 1.29 is 9.53 Å². The van der Waals surface area contributed by atoms with E-state index >= 15 is 0 Å². The Morgan fingerprint density at radius 3 is 2.50 bits per heavy atom. The van der Waals surface area contributed by atoms with Gasteiger partial charge in [0.1, 0.15) is 11.6 Å². The number of aromatic nitrogens is 2. The van der Waals surface area contributed by atoms with Crippen molar-refractivity contribution in [3.05, 3.63) is 29.6 Å². The highest BCUT2D eigenvalue weighted by Gasteiger charge is 2.28. The molecule has 184 valence electrons. The molecule has 11 heteroatoms. The summed E-state index contributed by atoms with van der Waals surface area (Å²) < 4.78 is 7.81. The normalized spacial score (nSPS) is 18.1. The van der Waals surface area contributed by atoms with E-state index in [4.69, 9.17) is 16.2 Å². The highest BCUT2D eigenvalue weighted by Crippen LogP contribution is 2.35. The highest BCUT2D eigenvalue weighted by atomic mass is 32.1. The summed E-state index contributed by atoms with van der Waals surface area (Å²) in [5.74, 6) is 0.599. The molecular weight excluding hydrogens is 452 g/mol. The molecule has 2 aliphatic heterocycles. The van der Waals surface area contributed by atoms with Crippen molar-refractivity contribution in [3.8, 4) is 5.75 Å². The summed E-state index contributed by atoms with van der Waals surface area (Å²) in [6.07, 6.45) is 2.80. The van der Waals surface area contributed by atoms with Gasteiger partial charge in [0, 0.05) is 57.1 Å². The number of ether oxygens (including phenoxy) is 1. The molecule has 5 N–H and O–H groups in total. The number of anilines is 4. The van der Waals surface area contributed by atoms with Gasteiger partial charge in [-0.15, -0.1) is 0 Å². The van der Waals surface area contributed by atoms with Crippen molar-refractivity contribution in [2.24, 2.45) is 5.73 Å². The predicted molar refractivity (Wildman–Crippen MR) is 138 cm³/mol. The monoisotopic (exact) mass is 486 g/mol. The molecule has 0 spiro atoms. The number of rotatable bonds is 7. The fourth-order valence-corrected chi connectivity index (χ4v) is 4.88. The van der Waals surface area contributed by atoms with E-state index in [0.717, 1.165) is 63.5 Å². The number of hydrogen-bond acceptors (Lipinski definition) is 10. The van der Waals surface area contributed by atoms with E-state index in [1.54, 1.807) is 7.11 Å². The molecule has 2 aliphatic rings. The van der Waals surface area contributed by atoms with E-state index < -0.39 is 5.91 Å². The maximum absolute atomic E-state index is 11.9. The van der Waals surface area contributed by atoms with Crippen LogP contribution < -0.4 is 26.4 Å². The number of nitrogens with one attached hydrogen (secondary N) is 1. The number of carbonyl (C=O) groups is 1. The summed E-state index contributed by atoms with van der Waals surface area (Å²) >= 11 is 4.46. The van der Waals surface area contributed by atoms with Crippen LogP contribution in [0.3, 0.4) is 0 Å². The van der Waals surface area contributed by atoms with Gasteiger partial charge in [-0.05, 0) is 31.4 Å². The molecule has 0 atom stereocenters. The van der Waals surface area contributed by atoms with E-state index in [9.17, 15) is 4.79 Å². The van der Waals surface area contributed by atoms with Gasteiger partial charge in [0.25, 0.3) is 5.91 Å². The van der Waals surface area contributed by atoms with Crippen LogP contribution in [-0.2, 0) is 6.42 Å². The lowest BCUT2D eigenvalue weighted by atomic mass is 10.0. The Bertz CT molecular complexity index is 1020. The minimum atomic E-state index is -0.660. The average molecular weight is 487 g/mol. The molecule has 2 fully saturated rings. The van der Waals surface area contributed by atoms with Crippen LogP contribution in [0.15, 0.2) is 18.2 Å². The summed E-state index contributed by atoms with van der Waals surface area (Å²) in [7, 11) is 1.66. The molecule has 0 bridgehead atoms. The van der Waals surface area contributed by atoms with E-state index in [0.29, 0.717) is 23.8 Å². The number of aryl methyl sites for hydroxylation is 1. The first kappa shape index (κ1) is 24.4. The zero-order valence-electron chi connectivity index (χ0n) is 19.8. The van der Waals surface area contributed by atoms with Gasteiger partial charge in [0.15, 0.2) is 11.5 Å². The Balaban J connectivity index is 1.47. The number of nitrogens with two attached hydrogens (primary N) is 2. The van der Waals surface area contributed by atoms with Crippen LogP contribution in [0.5, 0.6) is 5.75 Å². The minimum absolute atomic E-state index is 0.0647. The first-order valence-corrected chi connectivity index (χ1v) is 12.1. The van der Waals surface area contributed by atoms with E-state index in [1.807, 2.05) is 25.1 Å². The zero-order chi connectivity index (χ0) is 24.2. The third kappa shape index (κ3) is 5.31. The van der Waals surface area contributed by atoms with Crippen molar-refractivity contribution in [3.63, 3.8) is 0 Å². The van der Waals surface area contributed by atoms with Gasteiger partial charge >= 0.3 is 0 Å². The number of primary amides is 1. The molecule has 3 heterocycles. The third-order valence-corrected chi connectivity index (χ3v) is 7.02. The number of methoxy groups -OCH3 is 1. The average Bonchev–Trinajstić information content (AvgIpc) is 2.84. The van der Waals surface area contributed by atoms with Gasteiger partial charge in [-0.1, -0.05) is 19.7 Å². The fourth-order valence-electron chi connectivity index (χ4n) is 4.70. The Labute approximate surface area is 206 Å². The topological polar surface area (TPSA) is 126 Å². The van der Waals surface area contributed by atoms with Gasteiger partial charge in [0.2, 0.25) is 0 Å². The van der Waals surface area contributed by atoms with Gasteiger partial charge in [-0.3, -0.25) is 14.0 Å². The lowest BCUT2D eigenvalue weighted by Gasteiger charge is -2.42. The van der Waals surface area contributed by atoms with Gasteiger partial charge in [-0.2, -0.15) is 0 Å². The molecule has 2 saturated heterocycles. The van der Waals surface area contributed by atoms with E-state index in [-0.39, 0.29) is 17.3 Å². The summed E-state index contributed by atoms with van der Waals surface area (Å²) in [6, 6.07) is 6.48. The molecule has 0 unspecified atom stereocenters. The second kappa shape index (κ2) is 10.7. The van der Waals surface area contributed by atoms with Crippen LogP contribution in [0.1, 0.15) is 35.9 Å². The summed E-state index contributed by atoms with van der Waals surface area (Å²) in [5.41, 5.74) is 13.9. The number of thiol groups is 1. The summed E-state index contributed by atoms with van der Waals surface area (Å²) in [6.45, 7) is 8.03. The van der Waals surface area contributed by atoms with Gasteiger partial charge in [0.05, 0.1) is 18.5 Å². The second-order valence-corrected chi connectivity index (χ2v) is 9.26. The quantitative estimate of drug-likeness (QED) is 0.434. The van der Waals surface area contributed by atoms with Gasteiger partial charge in [-0.25, -0.2) is 9.97 Å². The lowest BCUT2D eigenvalue weighted by molar-refractivity contribution is 0.0996. The molecule has 0 aliphatic carbocycles. The molecule has 1 amide bonds. The van der Waals surface area contributed by atoms with Crippen molar-refractivity contribution in [1.82, 2.24) is 19.2 Å². The number of piperidine rings is 1. The summed E-state index contributed by atoms with van der Waals surface area (Å²) in [5, 5.41) is 3.13. The molecule has 1 aromatic heterocycles. The maximum atomic E-state index is 11.9. The van der Waals surface area contributed by atoms with Crippen molar-refractivity contribution >= 4 is 41.7 Å². The Kier molecular flexibility index (Phi) is 7.64. The van der Waals surface area contributed by atoms with Crippen LogP contribution in [0.25, 0.3) is 0 Å². The molecule has 10 nitrogen and oxygen atoms in total. The number of hydrogen-bond donors (Lipinski definition) is 4. The Hall–Kier alpha value is -2.76. The lowest BCUT2D eigenvalue weighted by Crippen LogP contribution is -2.51. The second-order valence-electron chi connectivity index (χ2n) is 8.69. The standard InChI is InChI=1S/C23H34N8O2S/c1-3-17-21(24)28-23(20(27-17)22(25)32)26-15-4-5-18(19(14-15)33-2)30-8-6-16(7-9-30)29-10-12-31(34)13-11-29/h4-5,14,16,34H,3,6-13H2,1-2H3,(H2,25,32)(H3,24,26,28). The fraction of sp³-hybridized carbons (Fsp3) is 0.522. The van der Waals surface area contributed by atoms with E-state index in [2.05, 4.69) is 42.2 Å². The van der Waals surface area contributed by atoms with Crippen LogP contribution in [0, 0.1) is 0 Å². The van der Waals surface area contributed by atoms with Crippen molar-refractivity contribution in [1.29, 1.82) is 0 Å². The van der Waals surface area contributed by atoms with Crippen LogP contribution in [0.4, 0.5) is 23.0 Å². The van der Waals surface area contributed by atoms with Crippen molar-refractivity contribution in [2.75, 3.05) is 62.3 Å². The first-order chi connectivity index (χ1) is 16.4. The molecule has 0 radical (unpaired) electrons. The number of carbonyl (C=O) groups excluding carboxylic acids is 1. The molecular formula is C23H34N8O2S. The minimum Gasteiger partial charge on any atom is -0.495 e. The van der Waals surface area contributed by atoms with Crippen molar-refractivity contribution in [2.45, 2.75) is 32.2 Å². The summed E-state index contributed by atoms with van der Waals surface area (Å²) in [4.78, 5) is 25.5. The van der Waals surface area contributed by atoms with Gasteiger partial charge < -0.3 is 26.4 Å². The van der Waals surface area contributed by atoms with E-state index in [1.165, 1.54) is 0 Å². The molecule has 1 aromatic carbocycles. The van der Waals surface area contributed by atoms with Crippen LogP contribution in [0.2, 0.25) is 0 Å². The number of piperazine rings is 1. The number of nitrogen functional groups attached to an aromatic ring is 1. The van der Waals surface area contributed by atoms with Crippen LogP contribution >= 0.6 is 12.8 Å². The molecule has 2 aromatic rings. The molecule has 4 rings (SSSR count). The number of benzene rings is 1. The van der Waals surface area contributed by atoms with Crippen LogP contribution in [-0.4, -0.2) is 77.5 Å². The molecule has 0 saturated carbocycles. The highest BCUT2D eigenvalue weighted by molar-refractivity contribution is 7.77. The predicted octanol–water partition coefficient (Wildman–Crippen LogP) is 1.90. The number of nitrogens with zero attached hydrogens (tertiary/aromatic N) is 5. The number of amides is 1. The largest absolute Gasteiger partial charge is 0.495 e. The third-order valence-electron chi connectivity index (χ3n) is 6.62. The SMILES string of the molecule is CCc1nc(C(N)=O)c(Nc2ccc(N3CCC(N4CCN(S)CC4)CC3)c(OC)c2)nc1N. The smallest absolute Gasteiger partial charge is 0.271 e. The Morgan fingerprint density at radius 2 is 1.88 bits per heavy atom. The maximum Gasteiger partial charge on any atom is 0.271 e. The molecule has 34 heavy (non-hydrogen) atoms. The zero-order valence-corrected chi connectivity index (χ0v) is 20.7. The Morgan fingerprint density at radius 1 is 1.18 bits per heavy atom. The first-order valence-electron chi connectivity index (χ1n) is 11.7.